The molecular weight excluding hydrogens is 273 g/mol. The lowest BCUT2D eigenvalue weighted by Crippen LogP contribution is -2.35. The molecule has 0 aromatic heterocycles. The fourth-order valence-corrected chi connectivity index (χ4v) is 2.79. The third-order valence-electron chi connectivity index (χ3n) is 3.25. The fraction of sp³-hybridized carbons (Fsp3) is 0.538. The maximum absolute atomic E-state index is 9.22. The Labute approximate surface area is 117 Å². The zero-order valence-corrected chi connectivity index (χ0v) is 11.6. The van der Waals surface area contributed by atoms with Crippen LogP contribution < -0.4 is 4.74 Å². The topological polar surface area (TPSA) is 32.7 Å². The molecule has 1 N–H and O–H groups in total. The third-order valence-corrected chi connectivity index (χ3v) is 3.85. The molecule has 2 rings (SSSR count). The molecule has 0 spiro atoms. The summed E-state index contributed by atoms with van der Waals surface area (Å²) in [6.45, 7) is 2.55. The molecule has 18 heavy (non-hydrogen) atoms. The van der Waals surface area contributed by atoms with Crippen molar-refractivity contribution in [2.24, 2.45) is 0 Å². The molecule has 1 unspecified atom stereocenters. The first-order valence-corrected chi connectivity index (χ1v) is 6.89. The van der Waals surface area contributed by atoms with Gasteiger partial charge in [-0.25, -0.2) is 0 Å². The van der Waals surface area contributed by atoms with Crippen molar-refractivity contribution in [3.8, 4) is 5.75 Å². The molecule has 3 nitrogen and oxygen atoms in total. The first-order chi connectivity index (χ1) is 8.72. The number of rotatable bonds is 5. The van der Waals surface area contributed by atoms with Crippen LogP contribution in [0.2, 0.25) is 10.0 Å². The van der Waals surface area contributed by atoms with Crippen LogP contribution in [-0.2, 0) is 0 Å². The van der Waals surface area contributed by atoms with E-state index in [4.69, 9.17) is 27.9 Å². The van der Waals surface area contributed by atoms with Crippen LogP contribution in [0.4, 0.5) is 0 Å². The van der Waals surface area contributed by atoms with Crippen LogP contribution in [0, 0.1) is 0 Å². The van der Waals surface area contributed by atoms with Gasteiger partial charge in [0.15, 0.2) is 5.75 Å². The average Bonchev–Trinajstić information content (AvgIpc) is 2.80. The quantitative estimate of drug-likeness (QED) is 0.905. The van der Waals surface area contributed by atoms with E-state index in [-0.39, 0.29) is 12.6 Å². The maximum atomic E-state index is 9.22. The van der Waals surface area contributed by atoms with Gasteiger partial charge in [-0.2, -0.15) is 0 Å². The average molecular weight is 290 g/mol. The number of benzene rings is 1. The summed E-state index contributed by atoms with van der Waals surface area (Å²) in [7, 11) is 0. The summed E-state index contributed by atoms with van der Waals surface area (Å²) in [4.78, 5) is 2.24. The zero-order valence-electron chi connectivity index (χ0n) is 10.1. The van der Waals surface area contributed by atoms with Crippen molar-refractivity contribution < 1.29 is 9.84 Å². The van der Waals surface area contributed by atoms with E-state index in [9.17, 15) is 5.11 Å². The van der Waals surface area contributed by atoms with Crippen molar-refractivity contribution in [1.82, 2.24) is 4.90 Å². The summed E-state index contributed by atoms with van der Waals surface area (Å²) in [6.07, 6.45) is 2.20. The second-order valence-electron chi connectivity index (χ2n) is 4.41. The van der Waals surface area contributed by atoms with E-state index < -0.39 is 0 Å². The summed E-state index contributed by atoms with van der Waals surface area (Å²) in [5.41, 5.74) is 0. The van der Waals surface area contributed by atoms with Gasteiger partial charge in [0.25, 0.3) is 0 Å². The van der Waals surface area contributed by atoms with E-state index in [1.54, 1.807) is 18.2 Å². The number of halogens is 2. The van der Waals surface area contributed by atoms with Gasteiger partial charge in [-0.05, 0) is 31.5 Å². The van der Waals surface area contributed by atoms with Crippen molar-refractivity contribution in [3.05, 3.63) is 28.2 Å². The first kappa shape index (κ1) is 13.9. The van der Waals surface area contributed by atoms with Crippen LogP contribution in [0.1, 0.15) is 12.8 Å². The van der Waals surface area contributed by atoms with Gasteiger partial charge in [0.1, 0.15) is 6.61 Å². The highest BCUT2D eigenvalue weighted by Gasteiger charge is 2.23. The zero-order chi connectivity index (χ0) is 13.0. The SMILES string of the molecule is OCC1CCCN1CCOc1c(Cl)cccc1Cl. The number of aliphatic hydroxyl groups is 1. The molecule has 1 aromatic carbocycles. The molecule has 1 atom stereocenters. The predicted octanol–water partition coefficient (Wildman–Crippen LogP) is 2.83. The van der Waals surface area contributed by atoms with Crippen LogP contribution >= 0.6 is 23.2 Å². The number of aliphatic hydroxyl groups excluding tert-OH is 1. The van der Waals surface area contributed by atoms with E-state index in [1.165, 1.54) is 0 Å². The Kier molecular flexibility index (Phi) is 5.13. The molecule has 1 aliphatic rings. The molecule has 1 saturated heterocycles. The Hall–Kier alpha value is -0.480. The molecule has 0 saturated carbocycles. The lowest BCUT2D eigenvalue weighted by molar-refractivity contribution is 0.139. The van der Waals surface area contributed by atoms with Gasteiger partial charge < -0.3 is 9.84 Å². The number of ether oxygens (including phenoxy) is 1. The molecule has 0 radical (unpaired) electrons. The monoisotopic (exact) mass is 289 g/mol. The molecule has 0 amide bonds. The number of nitrogens with zero attached hydrogens (tertiary/aromatic N) is 1. The molecule has 1 aliphatic heterocycles. The van der Waals surface area contributed by atoms with E-state index in [0.29, 0.717) is 22.4 Å². The Morgan fingerprint density at radius 2 is 2.06 bits per heavy atom. The number of para-hydroxylation sites is 1. The lowest BCUT2D eigenvalue weighted by atomic mass is 10.2. The summed E-state index contributed by atoms with van der Waals surface area (Å²) >= 11 is 12.0. The third kappa shape index (κ3) is 3.29. The van der Waals surface area contributed by atoms with E-state index in [1.807, 2.05) is 0 Å². The van der Waals surface area contributed by atoms with Gasteiger partial charge >= 0.3 is 0 Å². The van der Waals surface area contributed by atoms with Crippen molar-refractivity contribution in [2.45, 2.75) is 18.9 Å². The summed E-state index contributed by atoms with van der Waals surface area (Å²) < 4.78 is 5.64. The predicted molar refractivity (Wildman–Crippen MR) is 73.6 cm³/mol. The highest BCUT2D eigenvalue weighted by Crippen LogP contribution is 2.32. The van der Waals surface area contributed by atoms with Gasteiger partial charge in [-0.15, -0.1) is 0 Å². The lowest BCUT2D eigenvalue weighted by Gasteiger charge is -2.22. The van der Waals surface area contributed by atoms with Gasteiger partial charge in [0.2, 0.25) is 0 Å². The van der Waals surface area contributed by atoms with Crippen LogP contribution in [0.25, 0.3) is 0 Å². The minimum Gasteiger partial charge on any atom is -0.489 e. The Bertz CT molecular complexity index is 380. The van der Waals surface area contributed by atoms with Crippen LogP contribution in [-0.4, -0.2) is 42.4 Å². The van der Waals surface area contributed by atoms with Crippen LogP contribution in [0.3, 0.4) is 0 Å². The minimum absolute atomic E-state index is 0.215. The van der Waals surface area contributed by atoms with Gasteiger partial charge in [0, 0.05) is 12.6 Å². The molecule has 0 bridgehead atoms. The maximum Gasteiger partial charge on any atom is 0.156 e. The van der Waals surface area contributed by atoms with Crippen LogP contribution in [0.15, 0.2) is 18.2 Å². The molecule has 1 fully saturated rings. The summed E-state index contributed by atoms with van der Waals surface area (Å²) in [6, 6.07) is 5.58. The molecule has 100 valence electrons. The summed E-state index contributed by atoms with van der Waals surface area (Å²) in [5.74, 6) is 0.542. The number of hydrogen-bond acceptors (Lipinski definition) is 3. The highest BCUT2D eigenvalue weighted by atomic mass is 35.5. The van der Waals surface area contributed by atoms with Gasteiger partial charge in [-0.1, -0.05) is 29.3 Å². The van der Waals surface area contributed by atoms with E-state index >= 15 is 0 Å². The highest BCUT2D eigenvalue weighted by molar-refractivity contribution is 6.37. The molecule has 5 heteroatoms. The Morgan fingerprint density at radius 1 is 1.33 bits per heavy atom. The van der Waals surface area contributed by atoms with Crippen molar-refractivity contribution >= 4 is 23.2 Å². The normalized spacial score (nSPS) is 20.3. The molecule has 1 aromatic rings. The molecule has 1 heterocycles. The number of likely N-dealkylation sites (tertiary alicyclic amines) is 1. The first-order valence-electron chi connectivity index (χ1n) is 6.14. The standard InChI is InChI=1S/C13H17Cl2NO2/c14-11-4-1-5-12(15)13(11)18-8-7-16-6-2-3-10(16)9-17/h1,4-5,10,17H,2-3,6-9H2. The van der Waals surface area contributed by atoms with Crippen molar-refractivity contribution in [1.29, 1.82) is 0 Å². The second-order valence-corrected chi connectivity index (χ2v) is 5.23. The van der Waals surface area contributed by atoms with Gasteiger partial charge in [-0.3, -0.25) is 4.90 Å². The summed E-state index contributed by atoms with van der Waals surface area (Å²) in [5, 5.41) is 10.3. The van der Waals surface area contributed by atoms with Crippen LogP contribution in [0.5, 0.6) is 5.75 Å². The largest absolute Gasteiger partial charge is 0.489 e. The fourth-order valence-electron chi connectivity index (χ4n) is 2.28. The van der Waals surface area contributed by atoms with Crippen molar-refractivity contribution in [2.75, 3.05) is 26.3 Å². The number of hydrogen-bond donors (Lipinski definition) is 1. The second kappa shape index (κ2) is 6.62. The molecular formula is C13H17Cl2NO2. The van der Waals surface area contributed by atoms with E-state index in [0.717, 1.165) is 25.9 Å². The van der Waals surface area contributed by atoms with E-state index in [2.05, 4.69) is 4.90 Å². The minimum atomic E-state index is 0.215. The Balaban J connectivity index is 1.85. The molecule has 0 aliphatic carbocycles. The van der Waals surface area contributed by atoms with Gasteiger partial charge in [0.05, 0.1) is 16.7 Å². The van der Waals surface area contributed by atoms with Crippen molar-refractivity contribution in [3.63, 3.8) is 0 Å². The smallest absolute Gasteiger partial charge is 0.156 e. The Morgan fingerprint density at radius 3 is 2.72 bits per heavy atom.